The van der Waals surface area contributed by atoms with Gasteiger partial charge in [-0.2, -0.15) is 0 Å². The molecule has 0 bridgehead atoms. The van der Waals surface area contributed by atoms with Gasteiger partial charge in [0.15, 0.2) is 0 Å². The van der Waals surface area contributed by atoms with Crippen molar-refractivity contribution in [3.05, 3.63) is 48.0 Å². The largest absolute Gasteiger partial charge is 0.497 e. The molecule has 1 N–H and O–H groups in total. The zero-order valence-electron chi connectivity index (χ0n) is 16.4. The number of benzene rings is 2. The van der Waals surface area contributed by atoms with Gasteiger partial charge in [-0.05, 0) is 24.3 Å². The van der Waals surface area contributed by atoms with Crippen LogP contribution in [0.25, 0.3) is 0 Å². The van der Waals surface area contributed by atoms with E-state index >= 15 is 0 Å². The third kappa shape index (κ3) is 4.16. The molecular weight excluding hydrogens is 376 g/mol. The van der Waals surface area contributed by atoms with Crippen LogP contribution in [0.5, 0.6) is 11.5 Å². The highest BCUT2D eigenvalue weighted by Gasteiger charge is 2.36. The van der Waals surface area contributed by atoms with Gasteiger partial charge < -0.3 is 24.4 Å². The zero-order valence-corrected chi connectivity index (χ0v) is 16.4. The Morgan fingerprint density at radius 3 is 2.52 bits per heavy atom. The maximum absolute atomic E-state index is 12.8. The maximum Gasteiger partial charge on any atom is 0.339 e. The van der Waals surface area contributed by atoms with Crippen LogP contribution in [-0.2, 0) is 14.3 Å². The number of hydrogen-bond acceptors (Lipinski definition) is 6. The van der Waals surface area contributed by atoms with Crippen LogP contribution in [0.3, 0.4) is 0 Å². The van der Waals surface area contributed by atoms with E-state index in [9.17, 15) is 14.4 Å². The molecule has 0 saturated carbocycles. The molecule has 0 spiro atoms. The van der Waals surface area contributed by atoms with E-state index in [1.165, 1.54) is 26.2 Å². The molecule has 1 unspecified atom stereocenters. The lowest BCUT2D eigenvalue weighted by molar-refractivity contribution is -0.122. The topological polar surface area (TPSA) is 94.2 Å². The van der Waals surface area contributed by atoms with E-state index in [1.807, 2.05) is 0 Å². The van der Waals surface area contributed by atoms with Crippen molar-refractivity contribution < 1.29 is 28.6 Å². The second-order valence-electron chi connectivity index (χ2n) is 6.47. The molecule has 29 heavy (non-hydrogen) atoms. The van der Waals surface area contributed by atoms with Gasteiger partial charge in [-0.15, -0.1) is 0 Å². The smallest absolute Gasteiger partial charge is 0.339 e. The first kappa shape index (κ1) is 20.2. The molecule has 2 aromatic rings. The number of methoxy groups -OCH3 is 3. The number of rotatable bonds is 6. The van der Waals surface area contributed by atoms with E-state index in [-0.39, 0.29) is 30.3 Å². The van der Waals surface area contributed by atoms with Gasteiger partial charge in [0.05, 0.1) is 44.2 Å². The fraction of sp³-hybridized carbons (Fsp3) is 0.286. The molecule has 2 aromatic carbocycles. The van der Waals surface area contributed by atoms with E-state index in [0.717, 1.165) is 0 Å². The van der Waals surface area contributed by atoms with Gasteiger partial charge in [-0.3, -0.25) is 9.59 Å². The number of nitrogens with one attached hydrogen (secondary N) is 1. The number of carbonyl (C=O) groups excluding carboxylic acids is 3. The Morgan fingerprint density at radius 1 is 1.07 bits per heavy atom. The first-order valence-electron chi connectivity index (χ1n) is 8.99. The Balaban J connectivity index is 1.79. The standard InChI is InChI=1S/C21H22N2O6/c1-27-14-8-9-18(28-2)17(11-14)23-12-13(10-19(23)24)20(25)22-16-7-5-4-6-15(16)21(26)29-3/h4-9,11,13H,10,12H2,1-3H3,(H,22,25). The number of amides is 2. The number of anilines is 2. The second-order valence-corrected chi connectivity index (χ2v) is 6.47. The van der Waals surface area contributed by atoms with Crippen LogP contribution in [0.1, 0.15) is 16.8 Å². The summed E-state index contributed by atoms with van der Waals surface area (Å²) in [5.41, 5.74) is 1.13. The third-order valence-corrected chi connectivity index (χ3v) is 4.76. The number of para-hydroxylation sites is 1. The summed E-state index contributed by atoms with van der Waals surface area (Å²) in [4.78, 5) is 38.8. The Morgan fingerprint density at radius 2 is 1.83 bits per heavy atom. The highest BCUT2D eigenvalue weighted by Crippen LogP contribution is 2.36. The molecule has 3 rings (SSSR count). The summed E-state index contributed by atoms with van der Waals surface area (Å²) in [6.07, 6.45) is 0.0482. The highest BCUT2D eigenvalue weighted by molar-refractivity contribution is 6.06. The highest BCUT2D eigenvalue weighted by atomic mass is 16.5. The van der Waals surface area contributed by atoms with Gasteiger partial charge in [0.25, 0.3) is 0 Å². The molecule has 1 atom stereocenters. The van der Waals surface area contributed by atoms with Crippen molar-refractivity contribution in [2.45, 2.75) is 6.42 Å². The molecule has 1 aliphatic heterocycles. The molecule has 0 aromatic heterocycles. The average molecular weight is 398 g/mol. The fourth-order valence-electron chi connectivity index (χ4n) is 3.24. The molecule has 1 saturated heterocycles. The van der Waals surface area contributed by atoms with Crippen LogP contribution in [0.2, 0.25) is 0 Å². The van der Waals surface area contributed by atoms with Crippen LogP contribution in [0, 0.1) is 5.92 Å². The van der Waals surface area contributed by atoms with Crippen molar-refractivity contribution >= 4 is 29.2 Å². The third-order valence-electron chi connectivity index (χ3n) is 4.76. The summed E-state index contributed by atoms with van der Waals surface area (Å²) < 4.78 is 15.3. The quantitative estimate of drug-likeness (QED) is 0.752. The van der Waals surface area contributed by atoms with Gasteiger partial charge in [0.1, 0.15) is 11.5 Å². The van der Waals surface area contributed by atoms with Crippen molar-refractivity contribution in [1.82, 2.24) is 0 Å². The van der Waals surface area contributed by atoms with Crippen molar-refractivity contribution in [2.24, 2.45) is 5.92 Å². The number of esters is 1. The van der Waals surface area contributed by atoms with Crippen molar-refractivity contribution in [3.8, 4) is 11.5 Å². The van der Waals surface area contributed by atoms with Gasteiger partial charge in [-0.25, -0.2) is 4.79 Å². The Labute approximate surface area is 168 Å². The molecule has 1 fully saturated rings. The molecule has 8 nitrogen and oxygen atoms in total. The first-order valence-corrected chi connectivity index (χ1v) is 8.99. The second kappa shape index (κ2) is 8.64. The van der Waals surface area contributed by atoms with E-state index in [4.69, 9.17) is 14.2 Å². The zero-order chi connectivity index (χ0) is 21.0. The molecule has 152 valence electrons. The summed E-state index contributed by atoms with van der Waals surface area (Å²) in [5.74, 6) is -0.586. The number of hydrogen-bond donors (Lipinski definition) is 1. The van der Waals surface area contributed by atoms with Crippen molar-refractivity contribution in [1.29, 1.82) is 0 Å². The average Bonchev–Trinajstić information content (AvgIpc) is 3.14. The summed E-state index contributed by atoms with van der Waals surface area (Å²) in [6, 6.07) is 11.7. The Bertz CT molecular complexity index is 943. The lowest BCUT2D eigenvalue weighted by Crippen LogP contribution is -2.28. The summed E-state index contributed by atoms with van der Waals surface area (Å²) >= 11 is 0. The summed E-state index contributed by atoms with van der Waals surface area (Å²) in [5, 5.41) is 2.74. The molecule has 0 aliphatic carbocycles. The van der Waals surface area contributed by atoms with Crippen LogP contribution in [0.4, 0.5) is 11.4 Å². The molecule has 2 amide bonds. The lowest BCUT2D eigenvalue weighted by atomic mass is 10.1. The molecule has 1 aliphatic rings. The Hall–Kier alpha value is -3.55. The van der Waals surface area contributed by atoms with Gasteiger partial charge in [-0.1, -0.05) is 12.1 Å². The summed E-state index contributed by atoms with van der Waals surface area (Å²) in [7, 11) is 4.32. The maximum atomic E-state index is 12.8. The SMILES string of the molecule is COC(=O)c1ccccc1NC(=O)C1CC(=O)N(c2cc(OC)ccc2OC)C1. The van der Waals surface area contributed by atoms with E-state index in [1.54, 1.807) is 42.5 Å². The number of ether oxygens (including phenoxy) is 3. The van der Waals surface area contributed by atoms with Gasteiger partial charge in [0.2, 0.25) is 11.8 Å². The minimum atomic E-state index is -0.580. The van der Waals surface area contributed by atoms with Crippen LogP contribution in [0.15, 0.2) is 42.5 Å². The minimum Gasteiger partial charge on any atom is -0.497 e. The van der Waals surface area contributed by atoms with E-state index in [0.29, 0.717) is 22.9 Å². The molecule has 8 heteroatoms. The fourth-order valence-corrected chi connectivity index (χ4v) is 3.24. The van der Waals surface area contributed by atoms with Crippen LogP contribution < -0.4 is 19.7 Å². The molecular formula is C21H22N2O6. The van der Waals surface area contributed by atoms with Gasteiger partial charge in [0, 0.05) is 19.0 Å². The first-order chi connectivity index (χ1) is 14.0. The summed E-state index contributed by atoms with van der Waals surface area (Å²) in [6.45, 7) is 0.189. The number of carbonyl (C=O) groups is 3. The number of nitrogens with zero attached hydrogens (tertiary/aromatic N) is 1. The predicted molar refractivity (Wildman–Crippen MR) is 106 cm³/mol. The van der Waals surface area contributed by atoms with Gasteiger partial charge >= 0.3 is 5.97 Å². The monoisotopic (exact) mass is 398 g/mol. The normalized spacial score (nSPS) is 15.8. The lowest BCUT2D eigenvalue weighted by Gasteiger charge is -2.20. The van der Waals surface area contributed by atoms with Crippen molar-refractivity contribution in [2.75, 3.05) is 38.1 Å². The van der Waals surface area contributed by atoms with Crippen LogP contribution in [-0.4, -0.2) is 45.7 Å². The van der Waals surface area contributed by atoms with Crippen LogP contribution >= 0.6 is 0 Å². The molecule has 1 heterocycles. The van der Waals surface area contributed by atoms with Crippen molar-refractivity contribution in [3.63, 3.8) is 0 Å². The predicted octanol–water partition coefficient (Wildman–Crippen LogP) is 2.48. The minimum absolute atomic E-state index is 0.0482. The van der Waals surface area contributed by atoms with E-state index < -0.39 is 11.9 Å². The Kier molecular flexibility index (Phi) is 6.01. The van der Waals surface area contributed by atoms with E-state index in [2.05, 4.69) is 5.32 Å². The molecule has 0 radical (unpaired) electrons.